The van der Waals surface area contributed by atoms with E-state index < -0.39 is 0 Å². The first-order chi connectivity index (χ1) is 11.0. The van der Waals surface area contributed by atoms with Crippen LogP contribution < -0.4 is 5.32 Å². The first-order valence-electron chi connectivity index (χ1n) is 8.58. The Balaban J connectivity index is 1.68. The van der Waals surface area contributed by atoms with Crippen LogP contribution >= 0.6 is 0 Å². The summed E-state index contributed by atoms with van der Waals surface area (Å²) in [5, 5.41) is 3.09. The standard InChI is InChI=1S/C18H25N3O2/c1-3-21-11-10-18(17(21)23)9-5-7-14(12-18)20-16(22)15-8-4-6-13(2)19-15/h4,6,8,14H,3,5,7,9-12H2,1-2H3,(H,20,22)/t14-,18-/m0/s1. The van der Waals surface area contributed by atoms with Crippen molar-refractivity contribution in [2.24, 2.45) is 5.41 Å². The molecule has 1 aliphatic carbocycles. The van der Waals surface area contributed by atoms with Crippen LogP contribution in [0.1, 0.15) is 55.2 Å². The fraction of sp³-hybridized carbons (Fsp3) is 0.611. The van der Waals surface area contributed by atoms with Crippen molar-refractivity contribution in [3.05, 3.63) is 29.6 Å². The highest BCUT2D eigenvalue weighted by Gasteiger charge is 2.48. The van der Waals surface area contributed by atoms with Crippen molar-refractivity contribution in [1.82, 2.24) is 15.2 Å². The summed E-state index contributed by atoms with van der Waals surface area (Å²) in [6.07, 6.45) is 4.58. The van der Waals surface area contributed by atoms with Crippen molar-refractivity contribution in [3.63, 3.8) is 0 Å². The molecule has 23 heavy (non-hydrogen) atoms. The van der Waals surface area contributed by atoms with E-state index in [1.54, 1.807) is 6.07 Å². The fourth-order valence-corrected chi connectivity index (χ4v) is 4.03. The van der Waals surface area contributed by atoms with E-state index in [1.165, 1.54) is 0 Å². The lowest BCUT2D eigenvalue weighted by atomic mass is 9.71. The molecule has 1 saturated carbocycles. The van der Waals surface area contributed by atoms with E-state index in [0.29, 0.717) is 5.69 Å². The zero-order valence-corrected chi connectivity index (χ0v) is 14.0. The van der Waals surface area contributed by atoms with Crippen LogP contribution in [-0.2, 0) is 4.79 Å². The van der Waals surface area contributed by atoms with Gasteiger partial charge in [-0.3, -0.25) is 9.59 Å². The third-order valence-electron chi connectivity index (χ3n) is 5.28. The lowest BCUT2D eigenvalue weighted by molar-refractivity contribution is -0.137. The van der Waals surface area contributed by atoms with Gasteiger partial charge in [0.05, 0.1) is 5.41 Å². The second-order valence-electron chi connectivity index (χ2n) is 6.85. The maximum Gasteiger partial charge on any atom is 0.270 e. The lowest BCUT2D eigenvalue weighted by Crippen LogP contribution is -2.46. The Hall–Kier alpha value is -1.91. The van der Waals surface area contributed by atoms with E-state index in [1.807, 2.05) is 30.9 Å². The van der Waals surface area contributed by atoms with Gasteiger partial charge in [-0.05, 0) is 51.7 Å². The number of likely N-dealkylation sites (tertiary alicyclic amines) is 1. The third kappa shape index (κ3) is 3.09. The molecule has 2 amide bonds. The molecule has 2 heterocycles. The number of nitrogens with zero attached hydrogens (tertiary/aromatic N) is 2. The average Bonchev–Trinajstić information content (AvgIpc) is 2.83. The summed E-state index contributed by atoms with van der Waals surface area (Å²) in [6, 6.07) is 5.53. The summed E-state index contributed by atoms with van der Waals surface area (Å²) < 4.78 is 0. The summed E-state index contributed by atoms with van der Waals surface area (Å²) in [7, 11) is 0. The van der Waals surface area contributed by atoms with Crippen molar-refractivity contribution in [3.8, 4) is 0 Å². The number of rotatable bonds is 3. The van der Waals surface area contributed by atoms with Gasteiger partial charge in [-0.25, -0.2) is 4.98 Å². The minimum absolute atomic E-state index is 0.0688. The summed E-state index contributed by atoms with van der Waals surface area (Å²) in [6.45, 7) is 5.55. The molecule has 1 aromatic rings. The second kappa shape index (κ2) is 6.30. The zero-order chi connectivity index (χ0) is 16.4. The molecule has 1 aliphatic heterocycles. The summed E-state index contributed by atoms with van der Waals surface area (Å²) >= 11 is 0. The molecule has 5 heteroatoms. The molecule has 5 nitrogen and oxygen atoms in total. The van der Waals surface area contributed by atoms with Crippen LogP contribution in [0, 0.1) is 12.3 Å². The molecule has 1 aromatic heterocycles. The van der Waals surface area contributed by atoms with Gasteiger partial charge in [-0.15, -0.1) is 0 Å². The SMILES string of the molecule is CCN1CC[C@]2(CCC[C@H](NC(=O)c3cccc(C)n3)C2)C1=O. The van der Waals surface area contributed by atoms with Crippen LogP contribution in [0.5, 0.6) is 0 Å². The second-order valence-corrected chi connectivity index (χ2v) is 6.85. The number of hydrogen-bond acceptors (Lipinski definition) is 3. The molecule has 124 valence electrons. The van der Waals surface area contributed by atoms with E-state index in [9.17, 15) is 9.59 Å². The highest BCUT2D eigenvalue weighted by atomic mass is 16.2. The molecule has 1 saturated heterocycles. The smallest absolute Gasteiger partial charge is 0.270 e. The number of aromatic nitrogens is 1. The van der Waals surface area contributed by atoms with Gasteiger partial charge in [0, 0.05) is 24.8 Å². The monoisotopic (exact) mass is 315 g/mol. The van der Waals surface area contributed by atoms with E-state index in [-0.39, 0.29) is 23.3 Å². The quantitative estimate of drug-likeness (QED) is 0.931. The van der Waals surface area contributed by atoms with Gasteiger partial charge < -0.3 is 10.2 Å². The summed E-state index contributed by atoms with van der Waals surface area (Å²) in [4.78, 5) is 31.3. The number of carbonyl (C=O) groups excluding carboxylic acids is 2. The number of amides is 2. The van der Waals surface area contributed by atoms with Crippen LogP contribution in [-0.4, -0.2) is 40.8 Å². The number of hydrogen-bond donors (Lipinski definition) is 1. The fourth-order valence-electron chi connectivity index (χ4n) is 4.03. The van der Waals surface area contributed by atoms with Crippen molar-refractivity contribution in [2.75, 3.05) is 13.1 Å². The number of aryl methyl sites for hydroxylation is 1. The number of pyridine rings is 1. The first-order valence-corrected chi connectivity index (χ1v) is 8.58. The molecule has 2 aliphatic rings. The van der Waals surface area contributed by atoms with Crippen molar-refractivity contribution in [2.45, 2.75) is 52.0 Å². The predicted molar refractivity (Wildman–Crippen MR) is 88.0 cm³/mol. The van der Waals surface area contributed by atoms with Gasteiger partial charge in [0.15, 0.2) is 0 Å². The Labute approximate surface area is 137 Å². The van der Waals surface area contributed by atoms with Crippen LogP contribution in [0.15, 0.2) is 18.2 Å². The molecule has 2 fully saturated rings. The topological polar surface area (TPSA) is 62.3 Å². The van der Waals surface area contributed by atoms with Gasteiger partial charge in [0.1, 0.15) is 5.69 Å². The first kappa shape index (κ1) is 16.0. The molecule has 0 aromatic carbocycles. The highest BCUT2D eigenvalue weighted by Crippen LogP contribution is 2.44. The Morgan fingerprint density at radius 3 is 2.96 bits per heavy atom. The predicted octanol–water partition coefficient (Wildman–Crippen LogP) is 2.30. The maximum absolute atomic E-state index is 12.7. The van der Waals surface area contributed by atoms with Crippen LogP contribution in [0.3, 0.4) is 0 Å². The van der Waals surface area contributed by atoms with Crippen LogP contribution in [0.25, 0.3) is 0 Å². The molecule has 2 atom stereocenters. The van der Waals surface area contributed by atoms with Crippen LogP contribution in [0.4, 0.5) is 0 Å². The van der Waals surface area contributed by atoms with Gasteiger partial charge in [-0.1, -0.05) is 12.5 Å². The highest BCUT2D eigenvalue weighted by molar-refractivity contribution is 5.92. The molecule has 3 rings (SSSR count). The Kier molecular flexibility index (Phi) is 4.37. The lowest BCUT2D eigenvalue weighted by Gasteiger charge is -2.36. The number of carbonyl (C=O) groups is 2. The maximum atomic E-state index is 12.7. The minimum atomic E-state index is -0.244. The zero-order valence-electron chi connectivity index (χ0n) is 14.0. The van der Waals surface area contributed by atoms with E-state index in [2.05, 4.69) is 10.3 Å². The third-order valence-corrected chi connectivity index (χ3v) is 5.28. The molecule has 1 spiro atoms. The van der Waals surface area contributed by atoms with Crippen LogP contribution in [0.2, 0.25) is 0 Å². The summed E-state index contributed by atoms with van der Waals surface area (Å²) in [5.41, 5.74) is 1.05. The Bertz CT molecular complexity index is 616. The molecular formula is C18H25N3O2. The Morgan fingerprint density at radius 1 is 1.43 bits per heavy atom. The molecule has 1 N–H and O–H groups in total. The van der Waals surface area contributed by atoms with Crippen molar-refractivity contribution >= 4 is 11.8 Å². The van der Waals surface area contributed by atoms with Gasteiger partial charge in [-0.2, -0.15) is 0 Å². The summed E-state index contributed by atoms with van der Waals surface area (Å²) in [5.74, 6) is 0.154. The minimum Gasteiger partial charge on any atom is -0.348 e. The van der Waals surface area contributed by atoms with E-state index >= 15 is 0 Å². The Morgan fingerprint density at radius 2 is 2.26 bits per heavy atom. The van der Waals surface area contributed by atoms with Gasteiger partial charge >= 0.3 is 0 Å². The molecule has 0 bridgehead atoms. The molecule has 0 unspecified atom stereocenters. The number of nitrogens with one attached hydrogen (secondary N) is 1. The largest absolute Gasteiger partial charge is 0.348 e. The van der Waals surface area contributed by atoms with Gasteiger partial charge in [0.25, 0.3) is 5.91 Å². The van der Waals surface area contributed by atoms with Crippen molar-refractivity contribution in [1.29, 1.82) is 0 Å². The molecule has 0 radical (unpaired) electrons. The van der Waals surface area contributed by atoms with Crippen molar-refractivity contribution < 1.29 is 9.59 Å². The van der Waals surface area contributed by atoms with Gasteiger partial charge in [0.2, 0.25) is 5.91 Å². The average molecular weight is 315 g/mol. The van der Waals surface area contributed by atoms with E-state index in [4.69, 9.17) is 0 Å². The van der Waals surface area contributed by atoms with E-state index in [0.717, 1.165) is 50.9 Å². The molecular weight excluding hydrogens is 290 g/mol. The normalized spacial score (nSPS) is 27.5.